The highest BCUT2D eigenvalue weighted by Crippen LogP contribution is 2.29. The van der Waals surface area contributed by atoms with Crippen LogP contribution in [0.4, 0.5) is 0 Å². The number of aromatic nitrogens is 2. The molecular formula is C13H10Cl2N2O3. The molecule has 5 nitrogen and oxygen atoms in total. The number of hydrogen-bond acceptors (Lipinski definition) is 5. The van der Waals surface area contributed by atoms with E-state index in [1.165, 1.54) is 20.4 Å². The highest BCUT2D eigenvalue weighted by Gasteiger charge is 2.23. The van der Waals surface area contributed by atoms with Crippen molar-refractivity contribution in [2.45, 2.75) is 0 Å². The molecule has 2 rings (SSSR count). The zero-order valence-electron chi connectivity index (χ0n) is 10.7. The predicted molar refractivity (Wildman–Crippen MR) is 75.0 cm³/mol. The van der Waals surface area contributed by atoms with Crippen LogP contribution in [0.3, 0.4) is 0 Å². The minimum Gasteiger partial charge on any atom is -0.480 e. The van der Waals surface area contributed by atoms with Crippen molar-refractivity contribution in [2.75, 3.05) is 14.2 Å². The summed E-state index contributed by atoms with van der Waals surface area (Å²) in [5.74, 6) is -0.179. The number of ether oxygens (including phenoxy) is 2. The first-order valence-corrected chi connectivity index (χ1v) is 6.27. The van der Waals surface area contributed by atoms with Crippen LogP contribution in [-0.2, 0) is 0 Å². The third-order valence-corrected chi connectivity index (χ3v) is 3.16. The van der Waals surface area contributed by atoms with E-state index in [4.69, 9.17) is 32.7 Å². The van der Waals surface area contributed by atoms with Gasteiger partial charge in [-0.15, -0.1) is 0 Å². The number of nitrogens with zero attached hydrogens (tertiary/aromatic N) is 2. The highest BCUT2D eigenvalue weighted by atomic mass is 35.5. The van der Waals surface area contributed by atoms with Gasteiger partial charge in [0.15, 0.2) is 5.69 Å². The summed E-state index contributed by atoms with van der Waals surface area (Å²) in [4.78, 5) is 20.5. The van der Waals surface area contributed by atoms with E-state index in [1.807, 2.05) is 0 Å². The number of rotatable bonds is 4. The lowest BCUT2D eigenvalue weighted by Crippen LogP contribution is -2.10. The van der Waals surface area contributed by atoms with Gasteiger partial charge in [0, 0.05) is 0 Å². The fourth-order valence-electron chi connectivity index (χ4n) is 1.59. The Morgan fingerprint density at radius 1 is 1.15 bits per heavy atom. The molecule has 1 aromatic carbocycles. The van der Waals surface area contributed by atoms with E-state index in [9.17, 15) is 4.79 Å². The standard InChI is InChI=1S/C13H10Cl2N2O3/c1-19-9-6-16-11(13(17-9)20-2)12(18)10-7(14)4-3-5-8(10)15/h3-6H,1-2H3. The van der Waals surface area contributed by atoms with E-state index in [0.717, 1.165) is 0 Å². The number of methoxy groups -OCH3 is 2. The van der Waals surface area contributed by atoms with E-state index in [1.54, 1.807) is 18.2 Å². The van der Waals surface area contributed by atoms with Gasteiger partial charge in [0.2, 0.25) is 17.5 Å². The van der Waals surface area contributed by atoms with Gasteiger partial charge in [0.25, 0.3) is 0 Å². The molecule has 0 aliphatic heterocycles. The van der Waals surface area contributed by atoms with Crippen LogP contribution >= 0.6 is 23.2 Å². The van der Waals surface area contributed by atoms with E-state index < -0.39 is 5.78 Å². The van der Waals surface area contributed by atoms with Gasteiger partial charge in [-0.25, -0.2) is 4.98 Å². The fraction of sp³-hybridized carbons (Fsp3) is 0.154. The average Bonchev–Trinajstić information content (AvgIpc) is 2.46. The van der Waals surface area contributed by atoms with Crippen LogP contribution in [0.25, 0.3) is 0 Å². The molecule has 0 aliphatic carbocycles. The quantitative estimate of drug-likeness (QED) is 0.812. The van der Waals surface area contributed by atoms with E-state index >= 15 is 0 Å². The molecule has 1 aromatic heterocycles. The Morgan fingerprint density at radius 2 is 1.80 bits per heavy atom. The molecular weight excluding hydrogens is 303 g/mol. The minimum atomic E-state index is -0.465. The van der Waals surface area contributed by atoms with Gasteiger partial charge in [-0.1, -0.05) is 29.3 Å². The third-order valence-electron chi connectivity index (χ3n) is 2.53. The lowest BCUT2D eigenvalue weighted by molar-refractivity contribution is 0.103. The largest absolute Gasteiger partial charge is 0.480 e. The molecule has 0 aliphatic rings. The molecule has 0 saturated heterocycles. The summed E-state index contributed by atoms with van der Waals surface area (Å²) in [6.07, 6.45) is 1.32. The number of halogens is 2. The smallest absolute Gasteiger partial charge is 0.247 e. The van der Waals surface area contributed by atoms with Crippen LogP contribution in [0.15, 0.2) is 24.4 Å². The minimum absolute atomic E-state index is 0.0169. The van der Waals surface area contributed by atoms with Crippen LogP contribution in [0.1, 0.15) is 16.1 Å². The first-order valence-electron chi connectivity index (χ1n) is 5.52. The van der Waals surface area contributed by atoms with Crippen molar-refractivity contribution < 1.29 is 14.3 Å². The summed E-state index contributed by atoms with van der Waals surface area (Å²) >= 11 is 12.0. The topological polar surface area (TPSA) is 61.3 Å². The van der Waals surface area contributed by atoms with Crippen LogP contribution in [0.5, 0.6) is 11.8 Å². The molecule has 0 atom stereocenters. The van der Waals surface area contributed by atoms with Crippen molar-refractivity contribution in [3.8, 4) is 11.8 Å². The lowest BCUT2D eigenvalue weighted by Gasteiger charge is -2.09. The molecule has 0 fully saturated rings. The normalized spacial score (nSPS) is 10.2. The third kappa shape index (κ3) is 2.69. The number of benzene rings is 1. The van der Waals surface area contributed by atoms with Gasteiger partial charge in [-0.05, 0) is 12.1 Å². The fourth-order valence-corrected chi connectivity index (χ4v) is 2.16. The second kappa shape index (κ2) is 6.07. The van der Waals surface area contributed by atoms with Crippen molar-refractivity contribution in [1.82, 2.24) is 9.97 Å². The maximum atomic E-state index is 12.5. The summed E-state index contributed by atoms with van der Waals surface area (Å²) in [6, 6.07) is 4.80. The molecule has 0 unspecified atom stereocenters. The van der Waals surface area contributed by atoms with Crippen molar-refractivity contribution in [1.29, 1.82) is 0 Å². The monoisotopic (exact) mass is 312 g/mol. The second-order valence-electron chi connectivity index (χ2n) is 3.70. The zero-order valence-corrected chi connectivity index (χ0v) is 12.2. The molecule has 104 valence electrons. The highest BCUT2D eigenvalue weighted by molar-refractivity contribution is 6.41. The lowest BCUT2D eigenvalue weighted by atomic mass is 10.1. The molecule has 0 saturated carbocycles. The Kier molecular flexibility index (Phi) is 4.42. The summed E-state index contributed by atoms with van der Waals surface area (Å²) in [5.41, 5.74) is 0.178. The van der Waals surface area contributed by atoms with E-state index in [0.29, 0.717) is 0 Å². The van der Waals surface area contributed by atoms with Crippen LogP contribution in [0, 0.1) is 0 Å². The number of hydrogen-bond donors (Lipinski definition) is 0. The van der Waals surface area contributed by atoms with Crippen molar-refractivity contribution >= 4 is 29.0 Å². The Balaban J connectivity index is 2.54. The van der Waals surface area contributed by atoms with E-state index in [2.05, 4.69) is 9.97 Å². The van der Waals surface area contributed by atoms with Gasteiger partial charge in [0.1, 0.15) is 0 Å². The molecule has 0 amide bonds. The van der Waals surface area contributed by atoms with Gasteiger partial charge in [0.05, 0.1) is 36.0 Å². The van der Waals surface area contributed by atoms with Crippen molar-refractivity contribution in [3.63, 3.8) is 0 Å². The van der Waals surface area contributed by atoms with Crippen LogP contribution in [-0.4, -0.2) is 30.0 Å². The van der Waals surface area contributed by atoms with Crippen molar-refractivity contribution in [3.05, 3.63) is 45.7 Å². The SMILES string of the molecule is COc1cnc(C(=O)c2c(Cl)cccc2Cl)c(OC)n1. The molecule has 2 aromatic rings. The predicted octanol–water partition coefficient (Wildman–Crippen LogP) is 3.03. The number of carbonyl (C=O) groups is 1. The van der Waals surface area contributed by atoms with Gasteiger partial charge < -0.3 is 9.47 Å². The molecule has 0 bridgehead atoms. The Labute approximate surface area is 125 Å². The summed E-state index contributed by atoms with van der Waals surface area (Å²) < 4.78 is 9.98. The number of ketones is 1. The Morgan fingerprint density at radius 3 is 2.35 bits per heavy atom. The van der Waals surface area contributed by atoms with E-state index in [-0.39, 0.29) is 33.1 Å². The summed E-state index contributed by atoms with van der Waals surface area (Å²) in [6.45, 7) is 0. The summed E-state index contributed by atoms with van der Waals surface area (Å²) in [5, 5.41) is 0.476. The maximum absolute atomic E-state index is 12.5. The van der Waals surface area contributed by atoms with Gasteiger partial charge in [-0.2, -0.15) is 4.98 Å². The molecule has 0 N–H and O–H groups in total. The average molecular weight is 313 g/mol. The first kappa shape index (κ1) is 14.6. The number of carbonyl (C=O) groups excluding carboxylic acids is 1. The maximum Gasteiger partial charge on any atom is 0.247 e. The van der Waals surface area contributed by atoms with Gasteiger partial charge in [-0.3, -0.25) is 4.79 Å². The Bertz CT molecular complexity index is 642. The van der Waals surface area contributed by atoms with Crippen molar-refractivity contribution in [2.24, 2.45) is 0 Å². The molecule has 20 heavy (non-hydrogen) atoms. The summed E-state index contributed by atoms with van der Waals surface area (Å²) in [7, 11) is 2.82. The van der Waals surface area contributed by atoms with Crippen LogP contribution < -0.4 is 9.47 Å². The first-order chi connectivity index (χ1) is 9.58. The molecule has 7 heteroatoms. The van der Waals surface area contributed by atoms with Gasteiger partial charge >= 0.3 is 0 Å². The van der Waals surface area contributed by atoms with Crippen LogP contribution in [0.2, 0.25) is 10.0 Å². The second-order valence-corrected chi connectivity index (χ2v) is 4.51. The Hall–Kier alpha value is -1.85. The molecule has 0 radical (unpaired) electrons. The molecule has 1 heterocycles. The molecule has 0 spiro atoms. The zero-order chi connectivity index (χ0) is 14.7.